The van der Waals surface area contributed by atoms with Crippen molar-refractivity contribution < 1.29 is 4.79 Å². The molecule has 52 valence electrons. The number of nitrogens with zero attached hydrogens (tertiary/aromatic N) is 2. The Kier molecular flexibility index (Phi) is 1.94. The number of carbonyl (C=O) groups excluding carboxylic acids is 1. The van der Waals surface area contributed by atoms with Crippen molar-refractivity contribution >= 4 is 12.2 Å². The molecule has 0 aromatic carbocycles. The molecule has 0 bridgehead atoms. The molecule has 0 spiro atoms. The van der Waals surface area contributed by atoms with Gasteiger partial charge in [0.1, 0.15) is 11.6 Å². The number of aryl methyl sites for hydroxylation is 1. The minimum absolute atomic E-state index is 0.530. The zero-order valence-electron chi connectivity index (χ0n) is 5.53. The van der Waals surface area contributed by atoms with Gasteiger partial charge in [0, 0.05) is 6.20 Å². The quantitative estimate of drug-likeness (QED) is 0.598. The first kappa shape index (κ1) is 6.67. The molecule has 0 saturated heterocycles. The molecule has 1 rings (SSSR count). The van der Waals surface area contributed by atoms with Crippen molar-refractivity contribution in [2.45, 2.75) is 6.92 Å². The molecular formula is C6H7N3O. The number of aromatic nitrogens is 2. The van der Waals surface area contributed by atoms with Gasteiger partial charge in [0.25, 0.3) is 0 Å². The first-order chi connectivity index (χ1) is 4.83. The highest BCUT2D eigenvalue weighted by Gasteiger charge is 1.90. The average molecular weight is 137 g/mol. The maximum atomic E-state index is 9.91. The molecule has 0 atom stereocenters. The second-order valence-electron chi connectivity index (χ2n) is 1.75. The Hall–Kier alpha value is -1.45. The van der Waals surface area contributed by atoms with Gasteiger partial charge in [-0.2, -0.15) is 0 Å². The smallest absolute Gasteiger partial charge is 0.212 e. The van der Waals surface area contributed by atoms with Crippen molar-refractivity contribution in [2.24, 2.45) is 0 Å². The molecule has 1 amide bonds. The molecule has 4 heteroatoms. The van der Waals surface area contributed by atoms with Crippen LogP contribution in [0.2, 0.25) is 0 Å². The molecule has 1 heterocycles. The fraction of sp³-hybridized carbons (Fsp3) is 0.167. The normalized spacial score (nSPS) is 8.90. The SMILES string of the molecule is Cc1nccc(NC=O)n1. The lowest BCUT2D eigenvalue weighted by atomic mass is 10.5. The summed E-state index contributed by atoms with van der Waals surface area (Å²) in [5.74, 6) is 1.18. The van der Waals surface area contributed by atoms with Crippen LogP contribution in [0.5, 0.6) is 0 Å². The van der Waals surface area contributed by atoms with E-state index in [1.54, 1.807) is 19.2 Å². The molecule has 1 N–H and O–H groups in total. The highest BCUT2D eigenvalue weighted by atomic mass is 16.1. The van der Waals surface area contributed by atoms with Crippen LogP contribution in [0.15, 0.2) is 12.3 Å². The van der Waals surface area contributed by atoms with E-state index in [9.17, 15) is 4.79 Å². The zero-order chi connectivity index (χ0) is 7.40. The standard InChI is InChI=1S/C6H7N3O/c1-5-7-3-2-6(9-5)8-4-10/h2-4H,1H3,(H,7,8,9,10). The molecule has 10 heavy (non-hydrogen) atoms. The van der Waals surface area contributed by atoms with Gasteiger partial charge in [-0.3, -0.25) is 4.79 Å². The second kappa shape index (κ2) is 2.91. The summed E-state index contributed by atoms with van der Waals surface area (Å²) in [7, 11) is 0. The van der Waals surface area contributed by atoms with Crippen molar-refractivity contribution in [1.29, 1.82) is 0 Å². The molecule has 0 aliphatic carbocycles. The minimum Gasteiger partial charge on any atom is -0.313 e. The molecule has 0 saturated carbocycles. The highest BCUT2D eigenvalue weighted by molar-refractivity contribution is 5.68. The second-order valence-corrected chi connectivity index (χ2v) is 1.75. The fourth-order valence-corrected chi connectivity index (χ4v) is 0.597. The third kappa shape index (κ3) is 1.51. The van der Waals surface area contributed by atoms with Crippen LogP contribution in [-0.2, 0) is 4.79 Å². The average Bonchev–Trinajstić information content (AvgIpc) is 1.88. The molecule has 0 aliphatic rings. The number of hydrogen-bond acceptors (Lipinski definition) is 3. The number of rotatable bonds is 2. The van der Waals surface area contributed by atoms with Gasteiger partial charge in [0.2, 0.25) is 6.41 Å². The van der Waals surface area contributed by atoms with E-state index in [1.165, 1.54) is 0 Å². The molecule has 0 fully saturated rings. The summed E-state index contributed by atoms with van der Waals surface area (Å²) in [6, 6.07) is 1.63. The highest BCUT2D eigenvalue weighted by Crippen LogP contribution is 1.97. The monoisotopic (exact) mass is 137 g/mol. The minimum atomic E-state index is 0.530. The number of carbonyl (C=O) groups is 1. The molecule has 4 nitrogen and oxygen atoms in total. The Labute approximate surface area is 58.3 Å². The van der Waals surface area contributed by atoms with Gasteiger partial charge in [0.05, 0.1) is 0 Å². The summed E-state index contributed by atoms with van der Waals surface area (Å²) in [5.41, 5.74) is 0. The summed E-state index contributed by atoms with van der Waals surface area (Å²) in [5, 5.41) is 2.42. The maximum Gasteiger partial charge on any atom is 0.212 e. The Morgan fingerprint density at radius 3 is 3.10 bits per heavy atom. The molecular weight excluding hydrogens is 130 g/mol. The van der Waals surface area contributed by atoms with Crippen molar-refractivity contribution in [3.63, 3.8) is 0 Å². The van der Waals surface area contributed by atoms with E-state index in [0.717, 1.165) is 0 Å². The van der Waals surface area contributed by atoms with Crippen LogP contribution in [0.4, 0.5) is 5.82 Å². The van der Waals surface area contributed by atoms with Crippen LogP contribution in [0.1, 0.15) is 5.82 Å². The van der Waals surface area contributed by atoms with E-state index in [2.05, 4.69) is 15.3 Å². The van der Waals surface area contributed by atoms with Gasteiger partial charge in [-0.1, -0.05) is 0 Å². The van der Waals surface area contributed by atoms with Crippen molar-refractivity contribution in [2.75, 3.05) is 5.32 Å². The van der Waals surface area contributed by atoms with Gasteiger partial charge in [0.15, 0.2) is 0 Å². The van der Waals surface area contributed by atoms with Crippen LogP contribution in [0.25, 0.3) is 0 Å². The van der Waals surface area contributed by atoms with Crippen molar-refractivity contribution in [1.82, 2.24) is 9.97 Å². The van der Waals surface area contributed by atoms with E-state index in [0.29, 0.717) is 18.1 Å². The van der Waals surface area contributed by atoms with Crippen LogP contribution in [0.3, 0.4) is 0 Å². The van der Waals surface area contributed by atoms with E-state index < -0.39 is 0 Å². The molecule has 1 aromatic heterocycles. The largest absolute Gasteiger partial charge is 0.313 e. The summed E-state index contributed by atoms with van der Waals surface area (Å²) < 4.78 is 0. The van der Waals surface area contributed by atoms with Crippen LogP contribution < -0.4 is 5.32 Å². The van der Waals surface area contributed by atoms with Crippen LogP contribution in [0, 0.1) is 6.92 Å². The number of anilines is 1. The van der Waals surface area contributed by atoms with Crippen molar-refractivity contribution in [3.05, 3.63) is 18.1 Å². The summed E-state index contributed by atoms with van der Waals surface area (Å²) in [4.78, 5) is 17.7. The Bertz CT molecular complexity index is 236. The lowest BCUT2D eigenvalue weighted by Gasteiger charge is -1.95. The Morgan fingerprint density at radius 1 is 1.70 bits per heavy atom. The zero-order valence-corrected chi connectivity index (χ0v) is 5.53. The number of nitrogens with one attached hydrogen (secondary N) is 1. The number of amides is 1. The van der Waals surface area contributed by atoms with E-state index >= 15 is 0 Å². The van der Waals surface area contributed by atoms with E-state index in [1.807, 2.05) is 0 Å². The molecule has 1 aromatic rings. The fourth-order valence-electron chi connectivity index (χ4n) is 0.597. The van der Waals surface area contributed by atoms with Gasteiger partial charge < -0.3 is 5.32 Å². The van der Waals surface area contributed by atoms with Gasteiger partial charge >= 0.3 is 0 Å². The molecule has 0 aliphatic heterocycles. The third-order valence-corrected chi connectivity index (χ3v) is 0.983. The topological polar surface area (TPSA) is 54.9 Å². The first-order valence-electron chi connectivity index (χ1n) is 2.83. The molecule has 0 unspecified atom stereocenters. The first-order valence-corrected chi connectivity index (χ1v) is 2.83. The Morgan fingerprint density at radius 2 is 2.50 bits per heavy atom. The predicted octanol–water partition coefficient (Wildman–Crippen LogP) is 0.353. The van der Waals surface area contributed by atoms with Gasteiger partial charge in [-0.05, 0) is 13.0 Å². The third-order valence-electron chi connectivity index (χ3n) is 0.983. The lowest BCUT2D eigenvalue weighted by Crippen LogP contribution is -1.98. The van der Waals surface area contributed by atoms with Gasteiger partial charge in [-0.15, -0.1) is 0 Å². The van der Waals surface area contributed by atoms with Crippen molar-refractivity contribution in [3.8, 4) is 0 Å². The maximum absolute atomic E-state index is 9.91. The van der Waals surface area contributed by atoms with Crippen LogP contribution in [-0.4, -0.2) is 16.4 Å². The number of hydrogen-bond donors (Lipinski definition) is 1. The van der Waals surface area contributed by atoms with E-state index in [-0.39, 0.29) is 0 Å². The predicted molar refractivity (Wildman–Crippen MR) is 36.5 cm³/mol. The molecule has 0 radical (unpaired) electrons. The summed E-state index contributed by atoms with van der Waals surface area (Å²) >= 11 is 0. The Balaban J connectivity index is 2.84. The summed E-state index contributed by atoms with van der Waals surface area (Å²) in [6.45, 7) is 1.76. The summed E-state index contributed by atoms with van der Waals surface area (Å²) in [6.07, 6.45) is 2.18. The van der Waals surface area contributed by atoms with Crippen LogP contribution >= 0.6 is 0 Å². The lowest BCUT2D eigenvalue weighted by molar-refractivity contribution is -0.105. The van der Waals surface area contributed by atoms with E-state index in [4.69, 9.17) is 0 Å². The van der Waals surface area contributed by atoms with Gasteiger partial charge in [-0.25, -0.2) is 9.97 Å².